The van der Waals surface area contributed by atoms with Gasteiger partial charge in [-0.2, -0.15) is 11.3 Å². The Morgan fingerprint density at radius 3 is 2.59 bits per heavy atom. The number of anilines is 3. The molecule has 1 atom stereocenters. The zero-order chi connectivity index (χ0) is 26.9. The zero-order valence-corrected chi connectivity index (χ0v) is 23.4. The molecule has 0 radical (unpaired) electrons. The van der Waals surface area contributed by atoms with Crippen LogP contribution < -0.4 is 20.4 Å². The van der Waals surface area contributed by atoms with Crippen molar-refractivity contribution in [2.45, 2.75) is 13.1 Å². The molecule has 0 aliphatic carbocycles. The smallest absolute Gasteiger partial charge is 0.272 e. The number of benzene rings is 3. The Kier molecular flexibility index (Phi) is 7.03. The van der Waals surface area contributed by atoms with Gasteiger partial charge in [0.2, 0.25) is 6.17 Å². The number of carbonyl (C=O) groups excluding carboxylic acids is 1. The Bertz CT molecular complexity index is 1580. The highest BCUT2D eigenvalue weighted by atomic mass is 32.1. The summed E-state index contributed by atoms with van der Waals surface area (Å²) >= 11 is 7.33. The lowest BCUT2D eigenvalue weighted by Gasteiger charge is -2.30. The molecule has 198 valence electrons. The standard InChI is InChI=1S/C30H29N5O2S2/c1-19-7-9-25-23(17-19)27(20-11-16-39-18-20)32-28(29(36)34(25)2)33-30(38)31-24-8-10-26(35-12-14-37-15-13-35)22-6-4-3-5-21(22)24/h3-11,16-18,28H,12-15H2,1-2H3,(H2,31,33,38). The number of hydrogen-bond donors (Lipinski definition) is 2. The normalized spacial score (nSPS) is 17.4. The number of rotatable bonds is 4. The average molecular weight is 556 g/mol. The maximum Gasteiger partial charge on any atom is 0.272 e. The van der Waals surface area contributed by atoms with Crippen molar-refractivity contribution in [3.63, 3.8) is 0 Å². The number of likely N-dealkylation sites (N-methyl/N-ethyl adjacent to an activating group) is 1. The average Bonchev–Trinajstić information content (AvgIpc) is 3.47. The summed E-state index contributed by atoms with van der Waals surface area (Å²) in [5, 5.41) is 13.1. The van der Waals surface area contributed by atoms with Crippen LogP contribution in [-0.2, 0) is 9.53 Å². The van der Waals surface area contributed by atoms with E-state index in [2.05, 4.69) is 45.2 Å². The highest BCUT2D eigenvalue weighted by Gasteiger charge is 2.31. The molecule has 0 spiro atoms. The summed E-state index contributed by atoms with van der Waals surface area (Å²) in [6.45, 7) is 5.22. The van der Waals surface area contributed by atoms with Crippen LogP contribution in [0.25, 0.3) is 10.8 Å². The van der Waals surface area contributed by atoms with Crippen LogP contribution in [0.2, 0.25) is 0 Å². The summed E-state index contributed by atoms with van der Waals surface area (Å²) in [4.78, 5) is 22.5. The maximum atomic E-state index is 13.6. The molecule has 3 heterocycles. The molecule has 6 rings (SSSR count). The summed E-state index contributed by atoms with van der Waals surface area (Å²) in [6, 6.07) is 20.5. The van der Waals surface area contributed by atoms with Crippen LogP contribution in [0.5, 0.6) is 0 Å². The number of thiophene rings is 1. The van der Waals surface area contributed by atoms with Crippen LogP contribution in [-0.4, -0.2) is 56.2 Å². The predicted octanol–water partition coefficient (Wildman–Crippen LogP) is 5.17. The van der Waals surface area contributed by atoms with Crippen LogP contribution in [0.3, 0.4) is 0 Å². The quantitative estimate of drug-likeness (QED) is 0.339. The van der Waals surface area contributed by atoms with Gasteiger partial charge in [0.05, 0.1) is 24.6 Å². The Hall–Kier alpha value is -3.79. The van der Waals surface area contributed by atoms with Crippen molar-refractivity contribution in [2.75, 3.05) is 48.5 Å². The molecule has 3 aromatic carbocycles. The lowest BCUT2D eigenvalue weighted by atomic mass is 10.0. The zero-order valence-electron chi connectivity index (χ0n) is 21.8. The summed E-state index contributed by atoms with van der Waals surface area (Å²) in [5.74, 6) is -0.179. The van der Waals surface area contributed by atoms with Gasteiger partial charge in [0.1, 0.15) is 0 Å². The number of aryl methyl sites for hydroxylation is 1. The second-order valence-corrected chi connectivity index (χ2v) is 10.9. The predicted molar refractivity (Wildman–Crippen MR) is 165 cm³/mol. The molecule has 1 saturated heterocycles. The van der Waals surface area contributed by atoms with Crippen molar-refractivity contribution in [3.8, 4) is 0 Å². The van der Waals surface area contributed by atoms with E-state index < -0.39 is 6.17 Å². The molecule has 1 amide bonds. The highest BCUT2D eigenvalue weighted by Crippen LogP contribution is 2.33. The molecule has 2 N–H and O–H groups in total. The maximum absolute atomic E-state index is 13.6. The third kappa shape index (κ3) is 5.01. The fourth-order valence-corrected chi connectivity index (χ4v) is 6.03. The molecule has 4 aromatic rings. The molecule has 0 saturated carbocycles. The minimum Gasteiger partial charge on any atom is -0.378 e. The van der Waals surface area contributed by atoms with E-state index in [0.29, 0.717) is 5.11 Å². The SMILES string of the molecule is Cc1ccc2c(c1)C(c1ccsc1)=NC(NC(=S)Nc1ccc(N3CCOCC3)c3ccccc13)C(=O)N2C. The van der Waals surface area contributed by atoms with Crippen molar-refractivity contribution in [3.05, 3.63) is 88.1 Å². The van der Waals surface area contributed by atoms with Gasteiger partial charge in [0, 0.05) is 58.8 Å². The lowest BCUT2D eigenvalue weighted by Crippen LogP contribution is -2.47. The largest absolute Gasteiger partial charge is 0.378 e. The van der Waals surface area contributed by atoms with Gasteiger partial charge >= 0.3 is 0 Å². The van der Waals surface area contributed by atoms with Gasteiger partial charge in [-0.05, 0) is 54.9 Å². The topological polar surface area (TPSA) is 69.2 Å². The van der Waals surface area contributed by atoms with E-state index in [0.717, 1.165) is 70.9 Å². The molecule has 1 fully saturated rings. The molecule has 7 nitrogen and oxygen atoms in total. The first kappa shape index (κ1) is 25.5. The number of morpholine rings is 1. The van der Waals surface area contributed by atoms with Crippen molar-refractivity contribution in [1.29, 1.82) is 0 Å². The van der Waals surface area contributed by atoms with Gasteiger partial charge in [-0.25, -0.2) is 4.99 Å². The van der Waals surface area contributed by atoms with Crippen molar-refractivity contribution in [2.24, 2.45) is 4.99 Å². The molecule has 0 bridgehead atoms. The van der Waals surface area contributed by atoms with Gasteiger partial charge in [-0.1, -0.05) is 35.9 Å². The summed E-state index contributed by atoms with van der Waals surface area (Å²) in [5.41, 5.74) is 6.65. The molecule has 1 unspecified atom stereocenters. The van der Waals surface area contributed by atoms with E-state index in [-0.39, 0.29) is 5.91 Å². The summed E-state index contributed by atoms with van der Waals surface area (Å²) in [7, 11) is 1.78. The van der Waals surface area contributed by atoms with Crippen molar-refractivity contribution < 1.29 is 9.53 Å². The Morgan fingerprint density at radius 1 is 1.05 bits per heavy atom. The van der Waals surface area contributed by atoms with Crippen LogP contribution in [0.1, 0.15) is 16.7 Å². The molecular formula is C30H29N5O2S2. The molecule has 1 aromatic heterocycles. The fraction of sp³-hybridized carbons (Fsp3) is 0.233. The molecule has 9 heteroatoms. The number of hydrogen-bond acceptors (Lipinski definition) is 6. The lowest BCUT2D eigenvalue weighted by molar-refractivity contribution is -0.119. The van der Waals surface area contributed by atoms with Crippen LogP contribution in [0.15, 0.2) is 76.4 Å². The Morgan fingerprint density at radius 2 is 1.82 bits per heavy atom. The van der Waals surface area contributed by atoms with Crippen LogP contribution in [0, 0.1) is 6.92 Å². The fourth-order valence-electron chi connectivity index (χ4n) is 5.17. The minimum atomic E-state index is -0.878. The second-order valence-electron chi connectivity index (χ2n) is 9.69. The van der Waals surface area contributed by atoms with Gasteiger partial charge in [-0.15, -0.1) is 0 Å². The number of aliphatic imine (C=N–C) groups is 1. The van der Waals surface area contributed by atoms with E-state index in [1.54, 1.807) is 23.3 Å². The monoisotopic (exact) mass is 555 g/mol. The summed E-state index contributed by atoms with van der Waals surface area (Å²) in [6.07, 6.45) is -0.878. The number of ether oxygens (including phenoxy) is 1. The molecule has 2 aliphatic rings. The number of amides is 1. The van der Waals surface area contributed by atoms with Crippen LogP contribution in [0.4, 0.5) is 17.1 Å². The minimum absolute atomic E-state index is 0.179. The van der Waals surface area contributed by atoms with Gasteiger partial charge in [0.25, 0.3) is 5.91 Å². The van der Waals surface area contributed by atoms with Gasteiger partial charge in [0.15, 0.2) is 5.11 Å². The molecular weight excluding hydrogens is 526 g/mol. The van der Waals surface area contributed by atoms with Crippen molar-refractivity contribution >= 4 is 68.1 Å². The first-order chi connectivity index (χ1) is 19.0. The number of benzodiazepines with no additional fused rings is 1. The first-order valence-corrected chi connectivity index (χ1v) is 14.3. The van der Waals surface area contributed by atoms with E-state index >= 15 is 0 Å². The van der Waals surface area contributed by atoms with Crippen LogP contribution >= 0.6 is 23.6 Å². The van der Waals surface area contributed by atoms with E-state index in [1.165, 1.54) is 5.69 Å². The highest BCUT2D eigenvalue weighted by molar-refractivity contribution is 7.80. The summed E-state index contributed by atoms with van der Waals surface area (Å²) < 4.78 is 5.54. The van der Waals surface area contributed by atoms with Crippen molar-refractivity contribution in [1.82, 2.24) is 5.32 Å². The van der Waals surface area contributed by atoms with E-state index in [9.17, 15) is 4.79 Å². The Labute approximate surface area is 237 Å². The van der Waals surface area contributed by atoms with Gasteiger partial charge in [-0.3, -0.25) is 4.79 Å². The first-order valence-electron chi connectivity index (χ1n) is 12.9. The molecule has 2 aliphatic heterocycles. The number of fused-ring (bicyclic) bond motifs is 2. The Balaban J connectivity index is 1.30. The third-order valence-corrected chi connectivity index (χ3v) is 8.06. The third-order valence-electron chi connectivity index (χ3n) is 7.15. The number of thiocarbonyl (C=S) groups is 1. The van der Waals surface area contributed by atoms with E-state index in [1.807, 2.05) is 48.7 Å². The number of carbonyl (C=O) groups is 1. The number of nitrogens with zero attached hydrogens (tertiary/aromatic N) is 3. The number of nitrogens with one attached hydrogen (secondary N) is 2. The molecule has 39 heavy (non-hydrogen) atoms. The second kappa shape index (κ2) is 10.8. The van der Waals surface area contributed by atoms with E-state index in [4.69, 9.17) is 21.9 Å². The van der Waals surface area contributed by atoms with Gasteiger partial charge < -0.3 is 25.2 Å².